The molecule has 9 heteroatoms. The van der Waals surface area contributed by atoms with Crippen LogP contribution in [0.4, 0.5) is 5.13 Å². The normalized spacial score (nSPS) is 18.4. The van der Waals surface area contributed by atoms with Crippen molar-refractivity contribution in [3.8, 4) is 0 Å². The van der Waals surface area contributed by atoms with Crippen LogP contribution in [0.25, 0.3) is 0 Å². The second-order valence-electron chi connectivity index (χ2n) is 7.89. The average Bonchev–Trinajstić information content (AvgIpc) is 3.51. The Labute approximate surface area is 205 Å². The van der Waals surface area contributed by atoms with Gasteiger partial charge >= 0.3 is 0 Å². The Hall–Kier alpha value is -0.910. The van der Waals surface area contributed by atoms with E-state index < -0.39 is 0 Å². The summed E-state index contributed by atoms with van der Waals surface area (Å²) < 4.78 is 0. The lowest BCUT2D eigenvalue weighted by atomic mass is 10.0. The lowest BCUT2D eigenvalue weighted by Crippen LogP contribution is -2.48. The Balaban J connectivity index is 0.00000256. The van der Waals surface area contributed by atoms with E-state index in [9.17, 15) is 0 Å². The zero-order valence-corrected chi connectivity index (χ0v) is 21.6. The summed E-state index contributed by atoms with van der Waals surface area (Å²) in [5, 5.41) is 14.9. The lowest BCUT2D eigenvalue weighted by molar-refractivity contribution is 0.198. The minimum Gasteiger partial charge on any atom is -0.356 e. The average molecular weight is 561 g/mol. The van der Waals surface area contributed by atoms with Crippen LogP contribution in [-0.2, 0) is 13.0 Å². The molecule has 0 aliphatic carbocycles. The lowest BCUT2D eigenvalue weighted by Gasteiger charge is -2.32. The van der Waals surface area contributed by atoms with E-state index in [0.29, 0.717) is 6.04 Å². The third-order valence-electron chi connectivity index (χ3n) is 5.73. The van der Waals surface area contributed by atoms with Crippen molar-refractivity contribution in [2.24, 2.45) is 4.99 Å². The van der Waals surface area contributed by atoms with E-state index in [0.717, 1.165) is 64.5 Å². The van der Waals surface area contributed by atoms with Gasteiger partial charge in [0.2, 0.25) is 0 Å². The highest BCUT2D eigenvalue weighted by Gasteiger charge is 2.20. The fraction of sp³-hybridized carbons (Fsp3) is 0.619. The van der Waals surface area contributed by atoms with Crippen molar-refractivity contribution in [1.82, 2.24) is 20.5 Å². The standard InChI is InChI=1S/C21H32N6S2.HI/c1-22-20(23-8-4-19-16-29-21(25-19)27-9-2-3-10-27)24-18-5-11-26(12-6-18)14-17-7-13-28-15-17;/h7,13,15-16,18H,2-6,8-12,14H2,1H3,(H2,22,23,24);1H. The number of aliphatic imine (C=N–C) groups is 1. The van der Waals surface area contributed by atoms with Gasteiger partial charge in [-0.15, -0.1) is 35.3 Å². The van der Waals surface area contributed by atoms with Crippen LogP contribution < -0.4 is 15.5 Å². The number of nitrogens with zero attached hydrogens (tertiary/aromatic N) is 4. The summed E-state index contributed by atoms with van der Waals surface area (Å²) in [6, 6.07) is 2.73. The molecular formula is C21H33IN6S2. The Morgan fingerprint density at radius 1 is 1.20 bits per heavy atom. The molecule has 6 nitrogen and oxygen atoms in total. The van der Waals surface area contributed by atoms with Crippen LogP contribution in [0.1, 0.15) is 36.9 Å². The fourth-order valence-corrected chi connectivity index (χ4v) is 5.61. The molecular weight excluding hydrogens is 527 g/mol. The number of rotatable bonds is 7. The molecule has 0 aromatic carbocycles. The minimum atomic E-state index is 0. The zero-order chi connectivity index (χ0) is 19.9. The Bertz CT molecular complexity index is 764. The second-order valence-corrected chi connectivity index (χ2v) is 9.51. The van der Waals surface area contributed by atoms with Crippen LogP contribution in [-0.4, -0.2) is 61.7 Å². The third kappa shape index (κ3) is 6.80. The van der Waals surface area contributed by atoms with Gasteiger partial charge in [-0.25, -0.2) is 4.98 Å². The number of nitrogens with one attached hydrogen (secondary N) is 2. The van der Waals surface area contributed by atoms with Gasteiger partial charge in [-0.1, -0.05) is 0 Å². The van der Waals surface area contributed by atoms with Gasteiger partial charge in [0.05, 0.1) is 5.69 Å². The Morgan fingerprint density at radius 3 is 2.70 bits per heavy atom. The van der Waals surface area contributed by atoms with E-state index in [1.54, 1.807) is 22.7 Å². The van der Waals surface area contributed by atoms with E-state index in [1.165, 1.54) is 29.2 Å². The summed E-state index contributed by atoms with van der Waals surface area (Å²) in [6.45, 7) is 6.54. The molecule has 0 spiro atoms. The number of aromatic nitrogens is 1. The molecule has 0 unspecified atom stereocenters. The molecule has 2 aliphatic heterocycles. The Morgan fingerprint density at radius 2 is 2.00 bits per heavy atom. The van der Waals surface area contributed by atoms with Gasteiger partial charge in [0.25, 0.3) is 0 Å². The number of anilines is 1. The number of thiophene rings is 1. The van der Waals surface area contributed by atoms with Crippen LogP contribution in [0.3, 0.4) is 0 Å². The molecule has 0 amide bonds. The molecule has 2 N–H and O–H groups in total. The predicted molar refractivity (Wildman–Crippen MR) is 140 cm³/mol. The largest absolute Gasteiger partial charge is 0.356 e. The summed E-state index contributed by atoms with van der Waals surface area (Å²) in [4.78, 5) is 14.2. The third-order valence-corrected chi connectivity index (χ3v) is 7.41. The molecule has 2 saturated heterocycles. The van der Waals surface area contributed by atoms with Crippen LogP contribution in [0, 0.1) is 0 Å². The van der Waals surface area contributed by atoms with E-state index in [1.807, 2.05) is 7.05 Å². The van der Waals surface area contributed by atoms with Crippen molar-refractivity contribution in [3.63, 3.8) is 0 Å². The molecule has 0 bridgehead atoms. The minimum absolute atomic E-state index is 0. The molecule has 2 aliphatic rings. The quantitative estimate of drug-likeness (QED) is 0.307. The van der Waals surface area contributed by atoms with Crippen molar-refractivity contribution >= 4 is 57.7 Å². The summed E-state index contributed by atoms with van der Waals surface area (Å²) in [5.41, 5.74) is 2.62. The molecule has 4 heterocycles. The number of hydrogen-bond acceptors (Lipinski definition) is 6. The highest BCUT2D eigenvalue weighted by Crippen LogP contribution is 2.24. The SMILES string of the molecule is CN=C(NCCc1csc(N2CCCC2)n1)NC1CCN(Cc2ccsc2)CC1.I. The van der Waals surface area contributed by atoms with Crippen molar-refractivity contribution in [2.45, 2.75) is 44.7 Å². The van der Waals surface area contributed by atoms with E-state index in [2.05, 4.69) is 47.6 Å². The summed E-state index contributed by atoms with van der Waals surface area (Å²) >= 11 is 3.56. The molecule has 0 radical (unpaired) electrons. The summed E-state index contributed by atoms with van der Waals surface area (Å²) in [5.74, 6) is 0.913. The molecule has 0 atom stereocenters. The van der Waals surface area contributed by atoms with Crippen molar-refractivity contribution in [3.05, 3.63) is 33.5 Å². The van der Waals surface area contributed by atoms with Gasteiger partial charge in [0.15, 0.2) is 11.1 Å². The number of hydrogen-bond donors (Lipinski definition) is 2. The van der Waals surface area contributed by atoms with E-state index in [4.69, 9.17) is 4.98 Å². The van der Waals surface area contributed by atoms with Crippen molar-refractivity contribution in [1.29, 1.82) is 0 Å². The Kier molecular flexibility index (Phi) is 9.66. The van der Waals surface area contributed by atoms with Crippen molar-refractivity contribution < 1.29 is 0 Å². The second kappa shape index (κ2) is 12.2. The number of thiazole rings is 1. The first-order valence-corrected chi connectivity index (χ1v) is 12.5. The number of likely N-dealkylation sites (tertiary alicyclic amines) is 1. The van der Waals surface area contributed by atoms with Gasteiger partial charge < -0.3 is 15.5 Å². The molecule has 2 fully saturated rings. The first-order valence-electron chi connectivity index (χ1n) is 10.7. The van der Waals surface area contributed by atoms with Crippen molar-refractivity contribution in [2.75, 3.05) is 44.7 Å². The highest BCUT2D eigenvalue weighted by atomic mass is 127. The molecule has 30 heavy (non-hydrogen) atoms. The maximum atomic E-state index is 4.81. The van der Waals surface area contributed by atoms with Crippen LogP contribution in [0.15, 0.2) is 27.2 Å². The highest BCUT2D eigenvalue weighted by molar-refractivity contribution is 14.0. The molecule has 2 aromatic heterocycles. The maximum absolute atomic E-state index is 4.81. The first-order chi connectivity index (χ1) is 14.3. The van der Waals surface area contributed by atoms with Gasteiger partial charge in [-0.05, 0) is 48.1 Å². The number of guanidine groups is 1. The van der Waals surface area contributed by atoms with Gasteiger partial charge in [-0.3, -0.25) is 9.89 Å². The molecule has 2 aromatic rings. The van der Waals surface area contributed by atoms with Crippen LogP contribution >= 0.6 is 46.7 Å². The first kappa shape index (κ1) is 23.7. The monoisotopic (exact) mass is 560 g/mol. The van der Waals surface area contributed by atoms with E-state index in [-0.39, 0.29) is 24.0 Å². The van der Waals surface area contributed by atoms with Gasteiger partial charge in [0, 0.05) is 64.2 Å². The fourth-order valence-electron chi connectivity index (χ4n) is 4.04. The zero-order valence-electron chi connectivity index (χ0n) is 17.7. The molecule has 0 saturated carbocycles. The predicted octanol–water partition coefficient (Wildman–Crippen LogP) is 3.79. The summed E-state index contributed by atoms with van der Waals surface area (Å²) in [7, 11) is 1.86. The van der Waals surface area contributed by atoms with Crippen LogP contribution in [0.2, 0.25) is 0 Å². The topological polar surface area (TPSA) is 55.8 Å². The summed E-state index contributed by atoms with van der Waals surface area (Å²) in [6.07, 6.45) is 5.85. The number of piperidine rings is 1. The number of halogens is 1. The maximum Gasteiger partial charge on any atom is 0.191 e. The van der Waals surface area contributed by atoms with Crippen LogP contribution in [0.5, 0.6) is 0 Å². The molecule has 4 rings (SSSR count). The molecule has 166 valence electrons. The smallest absolute Gasteiger partial charge is 0.191 e. The van der Waals surface area contributed by atoms with Gasteiger partial charge in [-0.2, -0.15) is 11.3 Å². The van der Waals surface area contributed by atoms with E-state index >= 15 is 0 Å². The van der Waals surface area contributed by atoms with Gasteiger partial charge in [0.1, 0.15) is 0 Å².